The Morgan fingerprint density at radius 3 is 2.45 bits per heavy atom. The van der Waals surface area contributed by atoms with E-state index in [1.54, 1.807) is 7.11 Å². The van der Waals surface area contributed by atoms with Crippen molar-refractivity contribution in [1.82, 2.24) is 0 Å². The SMILES string of the molecule is COc1ccc(COC[C@H]2C=C[C@H]2C2SCCS2)cc1. The molecule has 1 aromatic carbocycles. The number of benzene rings is 1. The summed E-state index contributed by atoms with van der Waals surface area (Å²) in [7, 11) is 1.69. The summed E-state index contributed by atoms with van der Waals surface area (Å²) < 4.78 is 11.8. The van der Waals surface area contributed by atoms with Crippen molar-refractivity contribution in [3.63, 3.8) is 0 Å². The lowest BCUT2D eigenvalue weighted by atomic mass is 9.84. The topological polar surface area (TPSA) is 18.5 Å². The maximum atomic E-state index is 5.88. The molecule has 0 unspecified atom stereocenters. The molecule has 0 radical (unpaired) electrons. The Morgan fingerprint density at radius 2 is 1.85 bits per heavy atom. The van der Waals surface area contributed by atoms with E-state index < -0.39 is 0 Å². The first kappa shape index (κ1) is 14.4. The minimum Gasteiger partial charge on any atom is -0.497 e. The molecule has 108 valence electrons. The zero-order chi connectivity index (χ0) is 13.8. The fourth-order valence-electron chi connectivity index (χ4n) is 2.49. The molecule has 0 bridgehead atoms. The summed E-state index contributed by atoms with van der Waals surface area (Å²) in [5.74, 6) is 4.82. The average molecular weight is 308 g/mol. The number of hydrogen-bond donors (Lipinski definition) is 0. The van der Waals surface area contributed by atoms with E-state index in [1.165, 1.54) is 17.1 Å². The van der Waals surface area contributed by atoms with Crippen molar-refractivity contribution in [3.8, 4) is 5.75 Å². The van der Waals surface area contributed by atoms with Crippen LogP contribution in [0.3, 0.4) is 0 Å². The Bertz CT molecular complexity index is 452. The molecule has 3 rings (SSSR count). The van der Waals surface area contributed by atoms with E-state index in [9.17, 15) is 0 Å². The summed E-state index contributed by atoms with van der Waals surface area (Å²) in [6, 6.07) is 8.10. The zero-order valence-electron chi connectivity index (χ0n) is 11.7. The van der Waals surface area contributed by atoms with Crippen LogP contribution in [0.5, 0.6) is 5.75 Å². The second-order valence-electron chi connectivity index (χ2n) is 5.10. The van der Waals surface area contributed by atoms with Crippen molar-refractivity contribution in [2.75, 3.05) is 25.2 Å². The van der Waals surface area contributed by atoms with E-state index in [2.05, 4.69) is 47.8 Å². The van der Waals surface area contributed by atoms with Crippen LogP contribution in [0.2, 0.25) is 0 Å². The van der Waals surface area contributed by atoms with Gasteiger partial charge in [0.2, 0.25) is 0 Å². The number of methoxy groups -OCH3 is 1. The lowest BCUT2D eigenvalue weighted by Gasteiger charge is -2.33. The molecule has 0 N–H and O–H groups in total. The second kappa shape index (κ2) is 6.92. The Kier molecular flexibility index (Phi) is 4.97. The van der Waals surface area contributed by atoms with Gasteiger partial charge in [0.25, 0.3) is 0 Å². The number of thioether (sulfide) groups is 2. The minimum absolute atomic E-state index is 0.608. The second-order valence-corrected chi connectivity index (χ2v) is 7.90. The highest BCUT2D eigenvalue weighted by atomic mass is 32.2. The Hall–Kier alpha value is -0.580. The van der Waals surface area contributed by atoms with Crippen LogP contribution in [0.1, 0.15) is 5.56 Å². The van der Waals surface area contributed by atoms with E-state index in [1.807, 2.05) is 12.1 Å². The molecule has 1 heterocycles. The molecule has 0 spiro atoms. The van der Waals surface area contributed by atoms with Crippen molar-refractivity contribution < 1.29 is 9.47 Å². The summed E-state index contributed by atoms with van der Waals surface area (Å²) in [5.41, 5.74) is 1.20. The van der Waals surface area contributed by atoms with Crippen LogP contribution in [-0.2, 0) is 11.3 Å². The Labute approximate surface area is 129 Å². The summed E-state index contributed by atoms with van der Waals surface area (Å²) in [4.78, 5) is 0. The highest BCUT2D eigenvalue weighted by Gasteiger charge is 2.34. The minimum atomic E-state index is 0.608. The average Bonchev–Trinajstić information content (AvgIpc) is 2.96. The van der Waals surface area contributed by atoms with E-state index in [0.29, 0.717) is 18.4 Å². The van der Waals surface area contributed by atoms with Gasteiger partial charge in [-0.05, 0) is 17.7 Å². The third-order valence-electron chi connectivity index (χ3n) is 3.77. The smallest absolute Gasteiger partial charge is 0.118 e. The van der Waals surface area contributed by atoms with Crippen molar-refractivity contribution >= 4 is 23.5 Å². The van der Waals surface area contributed by atoms with E-state index >= 15 is 0 Å². The molecule has 1 aliphatic carbocycles. The van der Waals surface area contributed by atoms with Gasteiger partial charge in [-0.3, -0.25) is 0 Å². The number of rotatable bonds is 6. The van der Waals surface area contributed by atoms with Gasteiger partial charge in [-0.1, -0.05) is 24.3 Å². The summed E-state index contributed by atoms with van der Waals surface area (Å²) >= 11 is 4.21. The van der Waals surface area contributed by atoms with Gasteiger partial charge < -0.3 is 9.47 Å². The van der Waals surface area contributed by atoms with Gasteiger partial charge in [0.15, 0.2) is 0 Å². The van der Waals surface area contributed by atoms with Gasteiger partial charge in [-0.15, -0.1) is 23.5 Å². The highest BCUT2D eigenvalue weighted by Crippen LogP contribution is 2.44. The Morgan fingerprint density at radius 1 is 1.10 bits per heavy atom. The van der Waals surface area contributed by atoms with Crippen LogP contribution in [-0.4, -0.2) is 29.8 Å². The van der Waals surface area contributed by atoms with Crippen LogP contribution in [0.15, 0.2) is 36.4 Å². The molecule has 4 heteroatoms. The normalized spacial score (nSPS) is 25.6. The monoisotopic (exact) mass is 308 g/mol. The third-order valence-corrected chi connectivity index (χ3v) is 7.02. The van der Waals surface area contributed by atoms with Crippen molar-refractivity contribution in [2.45, 2.75) is 11.2 Å². The van der Waals surface area contributed by atoms with Gasteiger partial charge >= 0.3 is 0 Å². The quantitative estimate of drug-likeness (QED) is 0.743. The molecule has 0 amide bonds. The fraction of sp³-hybridized carbons (Fsp3) is 0.500. The van der Waals surface area contributed by atoms with E-state index in [0.717, 1.165) is 16.9 Å². The molecular weight excluding hydrogens is 288 g/mol. The first-order valence-electron chi connectivity index (χ1n) is 6.99. The largest absolute Gasteiger partial charge is 0.497 e. The number of hydrogen-bond acceptors (Lipinski definition) is 4. The van der Waals surface area contributed by atoms with Crippen LogP contribution >= 0.6 is 23.5 Å². The first-order valence-corrected chi connectivity index (χ1v) is 9.09. The van der Waals surface area contributed by atoms with Crippen LogP contribution in [0.25, 0.3) is 0 Å². The van der Waals surface area contributed by atoms with E-state index in [4.69, 9.17) is 9.47 Å². The molecule has 1 aromatic rings. The summed E-state index contributed by atoms with van der Waals surface area (Å²) in [6.07, 6.45) is 4.66. The summed E-state index contributed by atoms with van der Waals surface area (Å²) in [5, 5.41) is 0. The van der Waals surface area contributed by atoms with E-state index in [-0.39, 0.29) is 0 Å². The van der Waals surface area contributed by atoms with Gasteiger partial charge in [-0.2, -0.15) is 0 Å². The van der Waals surface area contributed by atoms with Gasteiger partial charge in [-0.25, -0.2) is 0 Å². The highest BCUT2D eigenvalue weighted by molar-refractivity contribution is 8.20. The maximum Gasteiger partial charge on any atom is 0.118 e. The van der Waals surface area contributed by atoms with Crippen LogP contribution in [0, 0.1) is 11.8 Å². The molecule has 2 atom stereocenters. The summed E-state index contributed by atoms with van der Waals surface area (Å²) in [6.45, 7) is 1.52. The molecule has 1 fully saturated rings. The molecular formula is C16H20O2S2. The first-order chi connectivity index (χ1) is 9.86. The molecule has 0 aromatic heterocycles. The molecule has 1 saturated heterocycles. The van der Waals surface area contributed by atoms with Crippen LogP contribution < -0.4 is 4.74 Å². The van der Waals surface area contributed by atoms with Crippen molar-refractivity contribution in [3.05, 3.63) is 42.0 Å². The third kappa shape index (κ3) is 3.35. The number of allylic oxidation sites excluding steroid dienone is 1. The molecule has 1 aliphatic heterocycles. The predicted molar refractivity (Wildman–Crippen MR) is 87.5 cm³/mol. The number of ether oxygens (including phenoxy) is 2. The van der Waals surface area contributed by atoms with Crippen molar-refractivity contribution in [1.29, 1.82) is 0 Å². The molecule has 20 heavy (non-hydrogen) atoms. The zero-order valence-corrected chi connectivity index (χ0v) is 13.3. The Balaban J connectivity index is 1.42. The predicted octanol–water partition coefficient (Wildman–Crippen LogP) is 3.82. The molecule has 0 saturated carbocycles. The van der Waals surface area contributed by atoms with Crippen LogP contribution in [0.4, 0.5) is 0 Å². The lowest BCUT2D eigenvalue weighted by Crippen LogP contribution is -2.29. The maximum absolute atomic E-state index is 5.88. The molecule has 2 aliphatic rings. The fourth-order valence-corrected chi connectivity index (χ4v) is 5.72. The van der Waals surface area contributed by atoms with Gasteiger partial charge in [0, 0.05) is 23.3 Å². The molecule has 2 nitrogen and oxygen atoms in total. The van der Waals surface area contributed by atoms with Gasteiger partial charge in [0.05, 0.1) is 24.9 Å². The van der Waals surface area contributed by atoms with Crippen molar-refractivity contribution in [2.24, 2.45) is 11.8 Å². The lowest BCUT2D eigenvalue weighted by molar-refractivity contribution is 0.0841. The van der Waals surface area contributed by atoms with Gasteiger partial charge in [0.1, 0.15) is 5.75 Å². The standard InChI is InChI=1S/C16H20O2S2/c1-17-14-5-2-12(3-6-14)10-18-11-13-4-7-15(13)16-19-8-9-20-16/h2-7,13,15-16H,8-11H2,1H3/t13-,15-/m1/s1.